The Balaban J connectivity index is 2.50. The van der Waals surface area contributed by atoms with E-state index in [0.717, 1.165) is 0 Å². The Kier molecular flexibility index (Phi) is 2.31. The van der Waals surface area contributed by atoms with Gasteiger partial charge in [0.05, 0.1) is 5.54 Å². The van der Waals surface area contributed by atoms with E-state index < -0.39 is 11.8 Å². The van der Waals surface area contributed by atoms with Gasteiger partial charge in [-0.05, 0) is 19.9 Å². The molecule has 0 fully saturated rings. The normalized spacial score (nSPS) is 19.8. The van der Waals surface area contributed by atoms with Crippen molar-refractivity contribution < 1.29 is 14.7 Å². The Morgan fingerprint density at radius 3 is 2.56 bits per heavy atom. The van der Waals surface area contributed by atoms with Crippen LogP contribution in [0.25, 0.3) is 0 Å². The fourth-order valence-electron chi connectivity index (χ4n) is 1.93. The molecule has 0 spiro atoms. The first-order valence-electron chi connectivity index (χ1n) is 5.06. The first-order chi connectivity index (χ1) is 7.49. The van der Waals surface area contributed by atoms with Crippen LogP contribution in [0.3, 0.4) is 0 Å². The summed E-state index contributed by atoms with van der Waals surface area (Å²) < 4.78 is 0. The summed E-state index contributed by atoms with van der Waals surface area (Å²) in [6, 6.07) is 6.84. The number of carbonyl (C=O) groups excluding carboxylic acids is 2. The van der Waals surface area contributed by atoms with Crippen LogP contribution in [0.1, 0.15) is 36.0 Å². The van der Waals surface area contributed by atoms with Crippen molar-refractivity contribution in [2.24, 2.45) is 0 Å². The molecule has 4 nitrogen and oxygen atoms in total. The van der Waals surface area contributed by atoms with Gasteiger partial charge in [-0.1, -0.05) is 18.2 Å². The number of fused-ring (bicyclic) bond motifs is 1. The van der Waals surface area contributed by atoms with E-state index in [1.54, 1.807) is 38.1 Å². The topological polar surface area (TPSA) is 57.6 Å². The van der Waals surface area contributed by atoms with E-state index in [1.165, 1.54) is 4.90 Å². The molecule has 16 heavy (non-hydrogen) atoms. The highest BCUT2D eigenvalue weighted by Crippen LogP contribution is 2.35. The molecule has 1 heterocycles. The van der Waals surface area contributed by atoms with E-state index in [4.69, 9.17) is 0 Å². The molecule has 1 unspecified atom stereocenters. The largest absolute Gasteiger partial charge is 0.369 e. The fraction of sp³-hybridized carbons (Fsp3) is 0.333. The molecule has 1 aliphatic heterocycles. The molecule has 1 aromatic carbocycles. The molecule has 1 amide bonds. The minimum absolute atomic E-state index is 0.305. The average Bonchev–Trinajstić information content (AvgIpc) is 2.53. The van der Waals surface area contributed by atoms with Crippen LogP contribution in [0.15, 0.2) is 24.3 Å². The van der Waals surface area contributed by atoms with Crippen LogP contribution in [0.4, 0.5) is 0 Å². The van der Waals surface area contributed by atoms with Crippen LogP contribution in [-0.2, 0) is 4.79 Å². The summed E-state index contributed by atoms with van der Waals surface area (Å²) in [5.74, 6) is -0.305. The highest BCUT2D eigenvalue weighted by Gasteiger charge is 2.43. The molecule has 0 aromatic heterocycles. The number of benzene rings is 1. The van der Waals surface area contributed by atoms with Crippen molar-refractivity contribution in [2.45, 2.75) is 25.6 Å². The fourth-order valence-corrected chi connectivity index (χ4v) is 1.93. The summed E-state index contributed by atoms with van der Waals surface area (Å²) in [6.45, 7) is 3.21. The van der Waals surface area contributed by atoms with Gasteiger partial charge in [-0.15, -0.1) is 0 Å². The van der Waals surface area contributed by atoms with Gasteiger partial charge >= 0.3 is 0 Å². The molecular weight excluding hydrogens is 206 g/mol. The SMILES string of the molecule is CC(C)(C=O)N1C(=O)c2ccccc2C1O. The summed E-state index contributed by atoms with van der Waals surface area (Å²) in [6.07, 6.45) is -0.371. The van der Waals surface area contributed by atoms with Crippen LogP contribution < -0.4 is 0 Å². The number of aldehydes is 1. The van der Waals surface area contributed by atoms with Crippen LogP contribution in [0.5, 0.6) is 0 Å². The van der Waals surface area contributed by atoms with Crippen molar-refractivity contribution in [3.05, 3.63) is 35.4 Å². The van der Waals surface area contributed by atoms with Crippen molar-refractivity contribution in [2.75, 3.05) is 0 Å². The van der Waals surface area contributed by atoms with Crippen LogP contribution in [-0.4, -0.2) is 27.7 Å². The first kappa shape index (κ1) is 10.8. The van der Waals surface area contributed by atoms with Crippen molar-refractivity contribution in [1.29, 1.82) is 0 Å². The number of amides is 1. The summed E-state index contributed by atoms with van der Waals surface area (Å²) in [7, 11) is 0. The Morgan fingerprint density at radius 2 is 2.00 bits per heavy atom. The molecule has 0 radical (unpaired) electrons. The number of aliphatic hydroxyl groups excluding tert-OH is 1. The Bertz CT molecular complexity index is 453. The third-order valence-electron chi connectivity index (χ3n) is 2.84. The van der Waals surface area contributed by atoms with Gasteiger partial charge < -0.3 is 9.90 Å². The van der Waals surface area contributed by atoms with Crippen molar-refractivity contribution in [3.8, 4) is 0 Å². The van der Waals surface area contributed by atoms with Crippen molar-refractivity contribution in [1.82, 2.24) is 4.90 Å². The predicted octanol–water partition coefficient (Wildman–Crippen LogP) is 1.11. The molecule has 1 N–H and O–H groups in total. The molecule has 1 aliphatic rings. The van der Waals surface area contributed by atoms with Gasteiger partial charge in [-0.3, -0.25) is 9.69 Å². The van der Waals surface area contributed by atoms with Crippen LogP contribution in [0, 0.1) is 0 Å². The maximum absolute atomic E-state index is 12.0. The molecular formula is C12H13NO3. The van der Waals surface area contributed by atoms with E-state index in [9.17, 15) is 14.7 Å². The average molecular weight is 219 g/mol. The van der Waals surface area contributed by atoms with Gasteiger partial charge in [-0.25, -0.2) is 0 Å². The quantitative estimate of drug-likeness (QED) is 0.758. The van der Waals surface area contributed by atoms with Gasteiger partial charge in [0.2, 0.25) is 0 Å². The van der Waals surface area contributed by atoms with Crippen LogP contribution in [0.2, 0.25) is 0 Å². The standard InChI is InChI=1S/C12H13NO3/c1-12(2,7-14)13-10(15)8-5-3-4-6-9(8)11(13)16/h3-7,10,15H,1-2H3. The lowest BCUT2D eigenvalue weighted by atomic mass is 10.1. The molecule has 0 bridgehead atoms. The van der Waals surface area contributed by atoms with Crippen molar-refractivity contribution in [3.63, 3.8) is 0 Å². The Hall–Kier alpha value is -1.68. The third kappa shape index (κ3) is 1.34. The zero-order valence-corrected chi connectivity index (χ0v) is 9.18. The Labute approximate surface area is 93.5 Å². The van der Waals surface area contributed by atoms with Crippen molar-refractivity contribution >= 4 is 12.2 Å². The second-order valence-electron chi connectivity index (χ2n) is 4.41. The second kappa shape index (κ2) is 3.42. The molecule has 2 rings (SSSR count). The van der Waals surface area contributed by atoms with E-state index in [0.29, 0.717) is 17.4 Å². The lowest BCUT2D eigenvalue weighted by Crippen LogP contribution is -2.47. The lowest BCUT2D eigenvalue weighted by molar-refractivity contribution is -0.120. The molecule has 0 aliphatic carbocycles. The van der Waals surface area contributed by atoms with Gasteiger partial charge in [0.1, 0.15) is 6.29 Å². The highest BCUT2D eigenvalue weighted by atomic mass is 16.3. The maximum atomic E-state index is 12.0. The number of hydrogen-bond donors (Lipinski definition) is 1. The van der Waals surface area contributed by atoms with E-state index in [1.807, 2.05) is 0 Å². The molecule has 0 saturated carbocycles. The van der Waals surface area contributed by atoms with Gasteiger partial charge in [-0.2, -0.15) is 0 Å². The number of rotatable bonds is 2. The van der Waals surface area contributed by atoms with E-state index in [2.05, 4.69) is 0 Å². The summed E-state index contributed by atoms with van der Waals surface area (Å²) in [5.41, 5.74) is 0.0163. The maximum Gasteiger partial charge on any atom is 0.257 e. The molecule has 1 atom stereocenters. The number of carbonyl (C=O) groups is 2. The zero-order valence-electron chi connectivity index (χ0n) is 9.18. The van der Waals surface area contributed by atoms with Gasteiger partial charge in [0.25, 0.3) is 5.91 Å². The minimum Gasteiger partial charge on any atom is -0.369 e. The first-order valence-corrected chi connectivity index (χ1v) is 5.06. The molecule has 84 valence electrons. The van der Waals surface area contributed by atoms with E-state index in [-0.39, 0.29) is 5.91 Å². The lowest BCUT2D eigenvalue weighted by Gasteiger charge is -2.33. The minimum atomic E-state index is -1.04. The molecule has 4 heteroatoms. The predicted molar refractivity (Wildman–Crippen MR) is 57.7 cm³/mol. The third-order valence-corrected chi connectivity index (χ3v) is 2.84. The second-order valence-corrected chi connectivity index (χ2v) is 4.41. The Morgan fingerprint density at radius 1 is 1.38 bits per heavy atom. The number of aliphatic hydroxyl groups is 1. The molecule has 0 saturated heterocycles. The summed E-state index contributed by atoms with van der Waals surface area (Å²) in [4.78, 5) is 24.2. The zero-order chi connectivity index (χ0) is 11.9. The number of hydrogen-bond acceptors (Lipinski definition) is 3. The number of nitrogens with zero attached hydrogens (tertiary/aromatic N) is 1. The van der Waals surface area contributed by atoms with Gasteiger partial charge in [0.15, 0.2) is 6.23 Å². The monoisotopic (exact) mass is 219 g/mol. The summed E-state index contributed by atoms with van der Waals surface area (Å²) >= 11 is 0. The van der Waals surface area contributed by atoms with E-state index >= 15 is 0 Å². The summed E-state index contributed by atoms with van der Waals surface area (Å²) in [5, 5.41) is 10.0. The highest BCUT2D eigenvalue weighted by molar-refractivity contribution is 6.00. The smallest absolute Gasteiger partial charge is 0.257 e. The van der Waals surface area contributed by atoms with Gasteiger partial charge in [0, 0.05) is 11.1 Å². The molecule has 1 aromatic rings. The van der Waals surface area contributed by atoms with Crippen LogP contribution >= 0.6 is 0 Å².